The molecule has 1 fully saturated rings. The van der Waals surface area contributed by atoms with E-state index >= 15 is 0 Å². The number of carbonyl (C=O) groups excluding carboxylic acids is 1. The predicted molar refractivity (Wildman–Crippen MR) is 72.9 cm³/mol. The Morgan fingerprint density at radius 1 is 1.58 bits per heavy atom. The van der Waals surface area contributed by atoms with Crippen molar-refractivity contribution in [3.05, 3.63) is 21.8 Å². The zero-order chi connectivity index (χ0) is 13.5. The Morgan fingerprint density at radius 3 is 2.95 bits per heavy atom. The second-order valence-electron chi connectivity index (χ2n) is 4.33. The molecule has 3 rings (SSSR count). The van der Waals surface area contributed by atoms with E-state index in [2.05, 4.69) is 26.1 Å². The van der Waals surface area contributed by atoms with Gasteiger partial charge in [0, 0.05) is 0 Å². The van der Waals surface area contributed by atoms with Crippen LogP contribution in [0.25, 0.3) is 10.7 Å². The fourth-order valence-electron chi connectivity index (χ4n) is 1.85. The van der Waals surface area contributed by atoms with Crippen molar-refractivity contribution in [3.63, 3.8) is 0 Å². The van der Waals surface area contributed by atoms with Crippen LogP contribution in [0, 0.1) is 0 Å². The number of ether oxygens (including phenoxy) is 1. The highest BCUT2D eigenvalue weighted by Gasteiger charge is 2.57. The van der Waals surface area contributed by atoms with Crippen molar-refractivity contribution in [2.75, 3.05) is 6.61 Å². The zero-order valence-corrected chi connectivity index (χ0v) is 12.6. The van der Waals surface area contributed by atoms with Crippen LogP contribution in [0.2, 0.25) is 0 Å². The number of aromatic nitrogens is 2. The molecule has 0 spiro atoms. The van der Waals surface area contributed by atoms with E-state index in [1.165, 1.54) is 11.3 Å². The first-order valence-electron chi connectivity index (χ1n) is 5.93. The molecule has 19 heavy (non-hydrogen) atoms. The van der Waals surface area contributed by atoms with E-state index in [0.29, 0.717) is 31.2 Å². The fraction of sp³-hybridized carbons (Fsp3) is 0.417. The van der Waals surface area contributed by atoms with E-state index in [-0.39, 0.29) is 5.97 Å². The van der Waals surface area contributed by atoms with Gasteiger partial charge in [0.15, 0.2) is 0 Å². The summed E-state index contributed by atoms with van der Waals surface area (Å²) in [6.45, 7) is 2.15. The Morgan fingerprint density at radius 2 is 2.37 bits per heavy atom. The molecule has 7 heteroatoms. The average Bonchev–Trinajstić information content (AvgIpc) is 2.84. The summed E-state index contributed by atoms with van der Waals surface area (Å²) in [7, 11) is 0. The van der Waals surface area contributed by atoms with Gasteiger partial charge in [-0.3, -0.25) is 4.79 Å². The van der Waals surface area contributed by atoms with Gasteiger partial charge in [-0.05, 0) is 47.8 Å². The van der Waals surface area contributed by atoms with Gasteiger partial charge in [0.05, 0.1) is 15.3 Å². The molecular weight excluding hydrogens is 332 g/mol. The fourth-order valence-corrected chi connectivity index (χ4v) is 3.16. The van der Waals surface area contributed by atoms with Crippen LogP contribution >= 0.6 is 27.3 Å². The minimum atomic E-state index is -0.699. The molecule has 0 amide bonds. The molecule has 0 unspecified atom stereocenters. The highest BCUT2D eigenvalue weighted by Crippen LogP contribution is 2.49. The van der Waals surface area contributed by atoms with Crippen molar-refractivity contribution in [1.29, 1.82) is 0 Å². The molecule has 1 aliphatic carbocycles. The lowest BCUT2D eigenvalue weighted by Gasteiger charge is -2.07. The molecule has 0 atom stereocenters. The van der Waals surface area contributed by atoms with Crippen LogP contribution in [0.4, 0.5) is 0 Å². The van der Waals surface area contributed by atoms with Crippen molar-refractivity contribution in [2.24, 2.45) is 0 Å². The van der Waals surface area contributed by atoms with E-state index in [9.17, 15) is 4.79 Å². The first-order valence-corrected chi connectivity index (χ1v) is 7.54. The number of rotatable bonds is 4. The van der Waals surface area contributed by atoms with Gasteiger partial charge in [-0.15, -0.1) is 11.3 Å². The van der Waals surface area contributed by atoms with Gasteiger partial charge < -0.3 is 9.26 Å². The van der Waals surface area contributed by atoms with Crippen LogP contribution in [0.15, 0.2) is 20.4 Å². The number of hydrogen-bond acceptors (Lipinski definition) is 6. The molecule has 0 radical (unpaired) electrons. The minimum absolute atomic E-state index is 0.266. The summed E-state index contributed by atoms with van der Waals surface area (Å²) in [6, 6.07) is 3.83. The quantitative estimate of drug-likeness (QED) is 0.798. The van der Waals surface area contributed by atoms with E-state index in [0.717, 1.165) is 8.66 Å². The zero-order valence-electron chi connectivity index (χ0n) is 10.2. The Balaban J connectivity index is 1.88. The Bertz CT molecular complexity index is 618. The maximum Gasteiger partial charge on any atom is 0.321 e. The lowest BCUT2D eigenvalue weighted by molar-refractivity contribution is -0.146. The van der Waals surface area contributed by atoms with Crippen LogP contribution in [0.5, 0.6) is 0 Å². The number of thiophene rings is 1. The van der Waals surface area contributed by atoms with Gasteiger partial charge in [0.2, 0.25) is 11.7 Å². The molecule has 100 valence electrons. The van der Waals surface area contributed by atoms with Crippen molar-refractivity contribution < 1.29 is 14.1 Å². The molecule has 2 aromatic heterocycles. The van der Waals surface area contributed by atoms with Crippen molar-refractivity contribution >= 4 is 33.2 Å². The lowest BCUT2D eigenvalue weighted by Crippen LogP contribution is -2.23. The summed E-state index contributed by atoms with van der Waals surface area (Å²) in [5, 5.41) is 3.94. The highest BCUT2D eigenvalue weighted by atomic mass is 79.9. The van der Waals surface area contributed by atoms with Crippen LogP contribution in [0.3, 0.4) is 0 Å². The van der Waals surface area contributed by atoms with Gasteiger partial charge in [-0.25, -0.2) is 0 Å². The summed E-state index contributed by atoms with van der Waals surface area (Å²) >= 11 is 4.91. The monoisotopic (exact) mass is 342 g/mol. The normalized spacial score (nSPS) is 16.3. The van der Waals surface area contributed by atoms with Crippen LogP contribution < -0.4 is 0 Å². The van der Waals surface area contributed by atoms with Crippen molar-refractivity contribution in [2.45, 2.75) is 25.2 Å². The van der Waals surface area contributed by atoms with Gasteiger partial charge in [0.25, 0.3) is 0 Å². The molecular formula is C12H11BrN2O3S. The van der Waals surface area contributed by atoms with Crippen molar-refractivity contribution in [3.8, 4) is 10.7 Å². The van der Waals surface area contributed by atoms with Gasteiger partial charge >= 0.3 is 5.97 Å². The molecule has 0 saturated heterocycles. The molecule has 0 aromatic carbocycles. The van der Waals surface area contributed by atoms with Gasteiger partial charge in [-0.2, -0.15) is 4.98 Å². The Hall–Kier alpha value is -1.21. The van der Waals surface area contributed by atoms with E-state index < -0.39 is 5.41 Å². The van der Waals surface area contributed by atoms with Crippen LogP contribution in [0.1, 0.15) is 25.7 Å². The third kappa shape index (κ3) is 2.21. The Kier molecular flexibility index (Phi) is 3.18. The van der Waals surface area contributed by atoms with E-state index in [4.69, 9.17) is 9.26 Å². The minimum Gasteiger partial charge on any atom is -0.465 e. The molecule has 1 aliphatic rings. The smallest absolute Gasteiger partial charge is 0.321 e. The molecule has 1 saturated carbocycles. The topological polar surface area (TPSA) is 65.2 Å². The summed E-state index contributed by atoms with van der Waals surface area (Å²) in [4.78, 5) is 17.2. The SMILES string of the molecule is CCOC(=O)C1(c2nc(-c3ccc(Br)s3)no2)CC1. The second kappa shape index (κ2) is 4.72. The molecule has 2 aromatic rings. The van der Waals surface area contributed by atoms with Gasteiger partial charge in [-0.1, -0.05) is 5.16 Å². The first-order chi connectivity index (χ1) is 9.15. The summed E-state index contributed by atoms with van der Waals surface area (Å²) in [6.07, 6.45) is 1.42. The standard InChI is InChI=1S/C12H11BrN2O3S/c1-2-17-11(16)12(5-6-12)10-14-9(15-18-10)7-3-4-8(13)19-7/h3-4H,2,5-6H2,1H3. The molecule has 0 N–H and O–H groups in total. The first kappa shape index (κ1) is 12.8. The summed E-state index contributed by atoms with van der Waals surface area (Å²) < 4.78 is 11.3. The van der Waals surface area contributed by atoms with Crippen LogP contribution in [-0.4, -0.2) is 22.7 Å². The maximum absolute atomic E-state index is 11.9. The number of hydrogen-bond donors (Lipinski definition) is 0. The Labute approximate surface area is 122 Å². The van der Waals surface area contributed by atoms with E-state index in [1.807, 2.05) is 12.1 Å². The largest absolute Gasteiger partial charge is 0.465 e. The number of halogens is 1. The highest BCUT2D eigenvalue weighted by molar-refractivity contribution is 9.11. The van der Waals surface area contributed by atoms with Crippen molar-refractivity contribution in [1.82, 2.24) is 10.1 Å². The number of nitrogens with zero attached hydrogens (tertiary/aromatic N) is 2. The van der Waals surface area contributed by atoms with Crippen LogP contribution in [-0.2, 0) is 14.9 Å². The summed E-state index contributed by atoms with van der Waals surface area (Å²) in [5.74, 6) is 0.615. The third-order valence-electron chi connectivity index (χ3n) is 3.05. The maximum atomic E-state index is 11.9. The molecule has 0 aliphatic heterocycles. The predicted octanol–water partition coefficient (Wildman–Crippen LogP) is 3.16. The third-order valence-corrected chi connectivity index (χ3v) is 4.66. The molecule has 0 bridgehead atoms. The molecule has 5 nitrogen and oxygen atoms in total. The van der Waals surface area contributed by atoms with E-state index in [1.54, 1.807) is 6.92 Å². The number of carbonyl (C=O) groups is 1. The second-order valence-corrected chi connectivity index (χ2v) is 6.79. The molecule has 2 heterocycles. The van der Waals surface area contributed by atoms with Gasteiger partial charge in [0.1, 0.15) is 5.41 Å². The number of esters is 1. The average molecular weight is 343 g/mol. The summed E-state index contributed by atoms with van der Waals surface area (Å²) in [5.41, 5.74) is -0.699. The lowest BCUT2D eigenvalue weighted by atomic mass is 10.1.